The van der Waals surface area contributed by atoms with E-state index in [1.807, 2.05) is 44.2 Å². The highest BCUT2D eigenvalue weighted by Crippen LogP contribution is 2.18. The second-order valence-electron chi connectivity index (χ2n) is 6.23. The highest BCUT2D eigenvalue weighted by atomic mass is 16.5. The van der Waals surface area contributed by atoms with Gasteiger partial charge in [0.15, 0.2) is 0 Å². The molecule has 1 unspecified atom stereocenters. The zero-order valence-electron chi connectivity index (χ0n) is 15.6. The van der Waals surface area contributed by atoms with Gasteiger partial charge in [0, 0.05) is 24.2 Å². The van der Waals surface area contributed by atoms with E-state index in [9.17, 15) is 9.59 Å². The summed E-state index contributed by atoms with van der Waals surface area (Å²) in [6.45, 7) is 5.80. The van der Waals surface area contributed by atoms with Crippen LogP contribution in [0.25, 0.3) is 0 Å². The molecule has 0 bridgehead atoms. The minimum absolute atomic E-state index is 0.00956. The predicted molar refractivity (Wildman–Crippen MR) is 105 cm³/mol. The normalized spacial score (nSPS) is 11.5. The summed E-state index contributed by atoms with van der Waals surface area (Å²) in [4.78, 5) is 23.9. The van der Waals surface area contributed by atoms with Crippen LogP contribution in [-0.2, 0) is 14.3 Å². The second-order valence-corrected chi connectivity index (χ2v) is 6.23. The summed E-state index contributed by atoms with van der Waals surface area (Å²) >= 11 is 0. The number of amides is 2. The van der Waals surface area contributed by atoms with E-state index >= 15 is 0 Å². The molecule has 0 aromatic heterocycles. The quantitative estimate of drug-likeness (QED) is 0.712. The molecule has 0 aliphatic heterocycles. The molecule has 26 heavy (non-hydrogen) atoms. The van der Waals surface area contributed by atoms with Crippen LogP contribution in [0.1, 0.15) is 18.1 Å². The Labute approximate surface area is 153 Å². The Morgan fingerprint density at radius 3 is 2.27 bits per heavy atom. The third-order valence-corrected chi connectivity index (χ3v) is 3.86. The van der Waals surface area contributed by atoms with Crippen LogP contribution in [0.2, 0.25) is 0 Å². The van der Waals surface area contributed by atoms with Gasteiger partial charge in [-0.2, -0.15) is 0 Å². The van der Waals surface area contributed by atoms with Crippen LogP contribution in [0.5, 0.6) is 0 Å². The first-order valence-corrected chi connectivity index (χ1v) is 8.42. The van der Waals surface area contributed by atoms with Gasteiger partial charge in [-0.05, 0) is 56.7 Å². The van der Waals surface area contributed by atoms with Crippen LogP contribution in [0, 0.1) is 13.8 Å². The van der Waals surface area contributed by atoms with Gasteiger partial charge in [0.2, 0.25) is 11.8 Å². The van der Waals surface area contributed by atoms with Crippen molar-refractivity contribution in [2.45, 2.75) is 26.8 Å². The average molecular weight is 355 g/mol. The molecule has 0 heterocycles. The van der Waals surface area contributed by atoms with E-state index in [1.54, 1.807) is 19.1 Å². The van der Waals surface area contributed by atoms with Gasteiger partial charge in [0.05, 0.1) is 0 Å². The van der Waals surface area contributed by atoms with E-state index in [4.69, 9.17) is 4.74 Å². The van der Waals surface area contributed by atoms with Crippen LogP contribution >= 0.6 is 0 Å². The Morgan fingerprint density at radius 2 is 1.65 bits per heavy atom. The van der Waals surface area contributed by atoms with E-state index in [0.717, 1.165) is 22.5 Å². The molecule has 0 radical (unpaired) electrons. The molecular formula is C20H25N3O3. The van der Waals surface area contributed by atoms with Gasteiger partial charge in [-0.1, -0.05) is 17.7 Å². The van der Waals surface area contributed by atoms with Gasteiger partial charge in [0.1, 0.15) is 12.6 Å². The number of hydrogen-bond acceptors (Lipinski definition) is 4. The van der Waals surface area contributed by atoms with E-state index in [2.05, 4.69) is 16.0 Å². The summed E-state index contributed by atoms with van der Waals surface area (Å²) in [5.41, 5.74) is 4.46. The summed E-state index contributed by atoms with van der Waals surface area (Å²) < 4.78 is 4.77. The molecule has 2 rings (SSSR count). The van der Waals surface area contributed by atoms with Crippen molar-refractivity contribution >= 4 is 28.9 Å². The summed E-state index contributed by atoms with van der Waals surface area (Å²) in [6, 6.07) is 12.7. The SMILES string of the molecule is COCC(=O)Nc1ccc(NC(C)C(=O)Nc2ccc(C)cc2C)cc1. The van der Waals surface area contributed by atoms with Gasteiger partial charge >= 0.3 is 0 Å². The lowest BCUT2D eigenvalue weighted by atomic mass is 10.1. The lowest BCUT2D eigenvalue weighted by molar-refractivity contribution is -0.119. The van der Waals surface area contributed by atoms with Gasteiger partial charge in [0.25, 0.3) is 0 Å². The first-order valence-electron chi connectivity index (χ1n) is 8.42. The molecule has 2 aromatic rings. The first-order chi connectivity index (χ1) is 12.4. The fraction of sp³-hybridized carbons (Fsp3) is 0.300. The molecule has 0 saturated carbocycles. The van der Waals surface area contributed by atoms with Crippen molar-refractivity contribution in [2.75, 3.05) is 29.7 Å². The lowest BCUT2D eigenvalue weighted by Gasteiger charge is -2.17. The zero-order valence-corrected chi connectivity index (χ0v) is 15.6. The van der Waals surface area contributed by atoms with Gasteiger partial charge in [-0.25, -0.2) is 0 Å². The Morgan fingerprint density at radius 1 is 1.00 bits per heavy atom. The number of aryl methyl sites for hydroxylation is 2. The van der Waals surface area contributed by atoms with E-state index in [0.29, 0.717) is 5.69 Å². The third kappa shape index (κ3) is 5.60. The summed E-state index contributed by atoms with van der Waals surface area (Å²) in [7, 11) is 1.47. The van der Waals surface area contributed by atoms with Crippen LogP contribution < -0.4 is 16.0 Å². The summed E-state index contributed by atoms with van der Waals surface area (Å²) in [5.74, 6) is -0.330. The molecular weight excluding hydrogens is 330 g/mol. The molecule has 6 nitrogen and oxygen atoms in total. The summed E-state index contributed by atoms with van der Waals surface area (Å²) in [6.07, 6.45) is 0. The number of carbonyl (C=O) groups excluding carboxylic acids is 2. The molecule has 0 spiro atoms. The molecule has 3 N–H and O–H groups in total. The number of benzene rings is 2. The highest BCUT2D eigenvalue weighted by molar-refractivity contribution is 5.97. The van der Waals surface area contributed by atoms with E-state index in [1.165, 1.54) is 7.11 Å². The van der Waals surface area contributed by atoms with Gasteiger partial charge in [-0.3, -0.25) is 9.59 Å². The van der Waals surface area contributed by atoms with Crippen molar-refractivity contribution in [1.29, 1.82) is 0 Å². The average Bonchev–Trinajstić information content (AvgIpc) is 2.59. The van der Waals surface area contributed by atoms with Crippen molar-refractivity contribution in [3.8, 4) is 0 Å². The maximum atomic E-state index is 12.4. The molecule has 0 aliphatic carbocycles. The lowest BCUT2D eigenvalue weighted by Crippen LogP contribution is -2.32. The van der Waals surface area contributed by atoms with Crippen LogP contribution in [0.4, 0.5) is 17.1 Å². The van der Waals surface area contributed by atoms with Gasteiger partial charge < -0.3 is 20.7 Å². The van der Waals surface area contributed by atoms with Crippen LogP contribution in [0.3, 0.4) is 0 Å². The maximum Gasteiger partial charge on any atom is 0.250 e. The molecule has 0 fully saturated rings. The van der Waals surface area contributed by atoms with Crippen molar-refractivity contribution in [3.05, 3.63) is 53.6 Å². The Balaban J connectivity index is 1.92. The molecule has 1 atom stereocenters. The minimum atomic E-state index is -0.412. The Hall–Kier alpha value is -2.86. The third-order valence-electron chi connectivity index (χ3n) is 3.86. The molecule has 0 aliphatic rings. The van der Waals surface area contributed by atoms with Crippen molar-refractivity contribution in [2.24, 2.45) is 0 Å². The topological polar surface area (TPSA) is 79.5 Å². The Kier molecular flexibility index (Phi) is 6.74. The number of ether oxygens (including phenoxy) is 1. The van der Waals surface area contributed by atoms with Crippen LogP contribution in [0.15, 0.2) is 42.5 Å². The van der Waals surface area contributed by atoms with Gasteiger partial charge in [-0.15, -0.1) is 0 Å². The van der Waals surface area contributed by atoms with E-state index < -0.39 is 6.04 Å². The van der Waals surface area contributed by atoms with Crippen LogP contribution in [-0.4, -0.2) is 31.6 Å². The number of methoxy groups -OCH3 is 1. The number of rotatable bonds is 7. The first kappa shape index (κ1) is 19.5. The van der Waals surface area contributed by atoms with Crippen molar-refractivity contribution in [1.82, 2.24) is 0 Å². The zero-order chi connectivity index (χ0) is 19.1. The predicted octanol–water partition coefficient (Wildman–Crippen LogP) is 3.33. The number of anilines is 3. The molecule has 6 heteroatoms. The summed E-state index contributed by atoms with van der Waals surface area (Å²) in [5, 5.41) is 8.80. The maximum absolute atomic E-state index is 12.4. The standard InChI is InChI=1S/C20H25N3O3/c1-13-5-10-18(14(2)11-13)23-20(25)15(3)21-16-6-8-17(9-7-16)22-19(24)12-26-4/h5-11,15,21H,12H2,1-4H3,(H,22,24)(H,23,25). The minimum Gasteiger partial charge on any atom is -0.375 e. The number of carbonyl (C=O) groups is 2. The fourth-order valence-corrected chi connectivity index (χ4v) is 2.49. The molecule has 0 saturated heterocycles. The molecule has 2 amide bonds. The Bertz CT molecular complexity index is 772. The molecule has 2 aromatic carbocycles. The number of nitrogens with one attached hydrogen (secondary N) is 3. The highest BCUT2D eigenvalue weighted by Gasteiger charge is 2.14. The molecule has 138 valence electrons. The smallest absolute Gasteiger partial charge is 0.250 e. The van der Waals surface area contributed by atoms with Crippen molar-refractivity contribution < 1.29 is 14.3 Å². The van der Waals surface area contributed by atoms with E-state index in [-0.39, 0.29) is 18.4 Å². The fourth-order valence-electron chi connectivity index (χ4n) is 2.49. The second kappa shape index (κ2) is 9.01. The van der Waals surface area contributed by atoms with Crippen molar-refractivity contribution in [3.63, 3.8) is 0 Å². The monoisotopic (exact) mass is 355 g/mol. The number of hydrogen-bond donors (Lipinski definition) is 3. The largest absolute Gasteiger partial charge is 0.375 e.